The molecule has 18 nitrogen and oxygen atoms in total. The third kappa shape index (κ3) is 12.5. The maximum absolute atomic E-state index is 13.1. The fourth-order valence-corrected chi connectivity index (χ4v) is 9.72. The van der Waals surface area contributed by atoms with Crippen molar-refractivity contribution in [3.8, 4) is 11.1 Å². The number of fused-ring (bicyclic) bond motifs is 2. The second-order valence-electron chi connectivity index (χ2n) is 18.2. The number of ether oxygens (including phenoxy) is 5. The molecule has 1 aliphatic carbocycles. The van der Waals surface area contributed by atoms with E-state index in [0.29, 0.717) is 95.5 Å². The Balaban J connectivity index is 0.660. The number of hydrogen-bond donors (Lipinski definition) is 3. The number of piperidine rings is 1. The van der Waals surface area contributed by atoms with Gasteiger partial charge in [0.2, 0.25) is 17.8 Å². The lowest BCUT2D eigenvalue weighted by molar-refractivity contribution is -0.135. The first-order valence-electron chi connectivity index (χ1n) is 24.5. The molecule has 2 atom stereocenters. The number of hydrogen-bond acceptors (Lipinski definition) is 14. The zero-order valence-corrected chi connectivity index (χ0v) is 40.1. The van der Waals surface area contributed by atoms with Gasteiger partial charge in [0.05, 0.1) is 76.2 Å². The highest BCUT2D eigenvalue weighted by Gasteiger charge is 2.32. The average Bonchev–Trinajstić information content (AvgIpc) is 3.85. The summed E-state index contributed by atoms with van der Waals surface area (Å²) in [6, 6.07) is 14.5. The van der Waals surface area contributed by atoms with Crippen molar-refractivity contribution in [1.29, 1.82) is 0 Å². The van der Waals surface area contributed by atoms with Gasteiger partial charge in [-0.2, -0.15) is 4.98 Å². The number of aromatic nitrogens is 5. The minimum Gasteiger partial charge on any atom is -0.383 e. The highest BCUT2D eigenvalue weighted by Crippen LogP contribution is 2.37. The predicted molar refractivity (Wildman–Crippen MR) is 262 cm³/mol. The standard InChI is InChI=1S/C50H70N10O8/c1-36(35-64-3)53-49-52-32-40-41(34-59(47(40)55-49)39-8-5-4-6-9-39)38-14-12-37(13-15-38)33-58-21-19-57(20-22-58)23-25-66-27-29-68-31-30-67-28-26-65-24-18-51-42-10-7-11-43-46(42)56(2)50(63)60(43)44-16-17-45(61)54-48(44)62/h7,10-15,32,34,36,39,44,51H,4-6,8-9,16-31,33,35H2,1-3H3,(H,52,53,55)(H,54,61,62)/t36-,44?/m1/s1. The first-order chi connectivity index (χ1) is 33.3. The molecule has 68 heavy (non-hydrogen) atoms. The smallest absolute Gasteiger partial charge is 0.329 e. The molecule has 2 aliphatic heterocycles. The Kier molecular flexibility index (Phi) is 17.6. The molecule has 3 fully saturated rings. The Morgan fingerprint density at radius 2 is 1.51 bits per heavy atom. The molecule has 3 N–H and O–H groups in total. The van der Waals surface area contributed by atoms with Crippen LogP contribution in [0.15, 0.2) is 59.7 Å². The molecule has 5 aromatic rings. The lowest BCUT2D eigenvalue weighted by Gasteiger charge is -2.34. The summed E-state index contributed by atoms with van der Waals surface area (Å²) in [4.78, 5) is 52.1. The van der Waals surface area contributed by atoms with Crippen molar-refractivity contribution in [2.75, 3.05) is 116 Å². The van der Waals surface area contributed by atoms with E-state index < -0.39 is 11.9 Å². The van der Waals surface area contributed by atoms with Gasteiger partial charge in [0, 0.05) is 102 Å². The summed E-state index contributed by atoms with van der Waals surface area (Å²) >= 11 is 0. The Hall–Kier alpha value is -5.21. The maximum Gasteiger partial charge on any atom is 0.329 e. The van der Waals surface area contributed by atoms with Crippen molar-refractivity contribution in [2.45, 2.75) is 76.5 Å². The van der Waals surface area contributed by atoms with E-state index in [2.05, 4.69) is 67.7 Å². The van der Waals surface area contributed by atoms with Crippen LogP contribution in [0.2, 0.25) is 0 Å². The first kappa shape index (κ1) is 49.2. The molecule has 2 aromatic carbocycles. The normalized spacial score (nSPS) is 18.1. The van der Waals surface area contributed by atoms with Gasteiger partial charge in [-0.15, -0.1) is 0 Å². The van der Waals surface area contributed by atoms with E-state index >= 15 is 0 Å². The van der Waals surface area contributed by atoms with Crippen LogP contribution in [0.1, 0.15) is 69.5 Å². The summed E-state index contributed by atoms with van der Waals surface area (Å²) in [6.45, 7) is 13.2. The lowest BCUT2D eigenvalue weighted by Crippen LogP contribution is -2.46. The molecule has 3 aromatic heterocycles. The van der Waals surface area contributed by atoms with E-state index in [4.69, 9.17) is 33.7 Å². The summed E-state index contributed by atoms with van der Waals surface area (Å²) in [5.74, 6) is -0.122. The Morgan fingerprint density at radius 1 is 0.824 bits per heavy atom. The van der Waals surface area contributed by atoms with Gasteiger partial charge in [-0.25, -0.2) is 9.78 Å². The molecule has 0 radical (unpaired) electrons. The number of anilines is 2. The Bertz CT molecular complexity index is 2470. The van der Waals surface area contributed by atoms with Crippen molar-refractivity contribution in [3.05, 3.63) is 70.9 Å². The molecule has 8 rings (SSSR count). The quantitative estimate of drug-likeness (QED) is 0.0527. The van der Waals surface area contributed by atoms with Crippen LogP contribution in [-0.4, -0.2) is 157 Å². The third-order valence-corrected chi connectivity index (χ3v) is 13.3. The lowest BCUT2D eigenvalue weighted by atomic mass is 9.95. The molecule has 368 valence electrons. The number of imidazole rings is 1. The van der Waals surface area contributed by atoms with Crippen molar-refractivity contribution >= 4 is 45.5 Å². The summed E-state index contributed by atoms with van der Waals surface area (Å²) in [5, 5.41) is 10.2. The molecule has 18 heteroatoms. The fraction of sp³-hybridized carbons (Fsp3) is 0.580. The van der Waals surface area contributed by atoms with Crippen LogP contribution in [0.4, 0.5) is 11.6 Å². The zero-order chi connectivity index (χ0) is 47.2. The van der Waals surface area contributed by atoms with Gasteiger partial charge in [0.1, 0.15) is 11.7 Å². The second kappa shape index (κ2) is 24.4. The average molecular weight is 939 g/mol. The second-order valence-corrected chi connectivity index (χ2v) is 18.2. The maximum atomic E-state index is 13.1. The molecular weight excluding hydrogens is 869 g/mol. The van der Waals surface area contributed by atoms with Gasteiger partial charge in [0.15, 0.2) is 0 Å². The SMILES string of the molecule is COC[C@@H](C)Nc1ncc2c(-c3ccc(CN4CCN(CCOCCOCCOCCOCCNc5cccc6c5n(C)c(=O)n6C5CCC(=O)NC5=O)CC4)cc3)cn(C3CCCCC3)c2n1. The molecule has 1 saturated carbocycles. The van der Waals surface area contributed by atoms with E-state index in [9.17, 15) is 14.4 Å². The first-order valence-corrected chi connectivity index (χ1v) is 24.5. The minimum atomic E-state index is -0.724. The van der Waals surface area contributed by atoms with Crippen LogP contribution < -0.4 is 21.6 Å². The number of nitrogens with zero attached hydrogens (tertiary/aromatic N) is 7. The third-order valence-electron chi connectivity index (χ3n) is 13.3. The predicted octanol–water partition coefficient (Wildman–Crippen LogP) is 4.98. The molecule has 2 amide bonds. The highest BCUT2D eigenvalue weighted by atomic mass is 16.6. The van der Waals surface area contributed by atoms with Gasteiger partial charge in [0.25, 0.3) is 0 Å². The number of imide groups is 1. The van der Waals surface area contributed by atoms with E-state index in [1.165, 1.54) is 57.9 Å². The number of para-hydroxylation sites is 1. The van der Waals surface area contributed by atoms with E-state index in [1.807, 2.05) is 24.4 Å². The molecule has 0 spiro atoms. The van der Waals surface area contributed by atoms with Crippen molar-refractivity contribution in [1.82, 2.24) is 38.8 Å². The van der Waals surface area contributed by atoms with Gasteiger partial charge in [-0.3, -0.25) is 33.8 Å². The Labute approximate surface area is 398 Å². The molecule has 2 saturated heterocycles. The van der Waals surface area contributed by atoms with Gasteiger partial charge < -0.3 is 38.9 Å². The number of piperazine rings is 1. The highest BCUT2D eigenvalue weighted by molar-refractivity contribution is 6.00. The number of nitrogens with one attached hydrogen (secondary N) is 3. The van der Waals surface area contributed by atoms with Crippen LogP contribution in [0, 0.1) is 0 Å². The van der Waals surface area contributed by atoms with Crippen molar-refractivity contribution in [3.63, 3.8) is 0 Å². The number of carbonyl (C=O) groups is 2. The zero-order valence-electron chi connectivity index (χ0n) is 40.1. The van der Waals surface area contributed by atoms with Crippen molar-refractivity contribution in [2.24, 2.45) is 7.05 Å². The molecule has 1 unspecified atom stereocenters. The monoisotopic (exact) mass is 939 g/mol. The molecule has 0 bridgehead atoms. The van der Waals surface area contributed by atoms with Gasteiger partial charge >= 0.3 is 5.69 Å². The molecular formula is C50H70N10O8. The van der Waals surface area contributed by atoms with E-state index in [-0.39, 0.29) is 24.1 Å². The fourth-order valence-electron chi connectivity index (χ4n) is 9.72. The van der Waals surface area contributed by atoms with Gasteiger partial charge in [-0.05, 0) is 49.4 Å². The van der Waals surface area contributed by atoms with E-state index in [0.717, 1.165) is 56.0 Å². The molecule has 3 aliphatic rings. The Morgan fingerprint density at radius 3 is 2.22 bits per heavy atom. The largest absolute Gasteiger partial charge is 0.383 e. The molecule has 5 heterocycles. The van der Waals surface area contributed by atoms with Crippen LogP contribution in [0.3, 0.4) is 0 Å². The minimum absolute atomic E-state index is 0.119. The van der Waals surface area contributed by atoms with Gasteiger partial charge in [-0.1, -0.05) is 49.6 Å². The van der Waals surface area contributed by atoms with Crippen LogP contribution in [0.5, 0.6) is 0 Å². The number of amides is 2. The summed E-state index contributed by atoms with van der Waals surface area (Å²) in [7, 11) is 3.40. The van der Waals surface area contributed by atoms with Crippen LogP contribution in [0.25, 0.3) is 33.2 Å². The summed E-state index contributed by atoms with van der Waals surface area (Å²) < 4.78 is 33.7. The number of rotatable bonds is 25. The number of benzene rings is 2. The van der Waals surface area contributed by atoms with Crippen molar-refractivity contribution < 1.29 is 33.3 Å². The van der Waals surface area contributed by atoms with Crippen LogP contribution in [-0.2, 0) is 46.9 Å². The van der Waals surface area contributed by atoms with Crippen LogP contribution >= 0.6 is 0 Å². The number of aryl methyl sites for hydroxylation is 1. The van der Waals surface area contributed by atoms with E-state index in [1.54, 1.807) is 14.2 Å². The topological polar surface area (TPSA) is 180 Å². The summed E-state index contributed by atoms with van der Waals surface area (Å²) in [5.41, 5.74) is 6.51. The summed E-state index contributed by atoms with van der Waals surface area (Å²) in [6.07, 6.45) is 11.0. The number of methoxy groups -OCH3 is 1. The number of carbonyl (C=O) groups excluding carboxylic acids is 2.